The number of ether oxygens (including phenoxy) is 1. The Hall–Kier alpha value is -3.67. The summed E-state index contributed by atoms with van der Waals surface area (Å²) in [4.78, 5) is 20.5. The Labute approximate surface area is 207 Å². The highest BCUT2D eigenvalue weighted by molar-refractivity contribution is 7.23. The van der Waals surface area contributed by atoms with Crippen molar-refractivity contribution in [2.75, 3.05) is 4.90 Å². The van der Waals surface area contributed by atoms with Gasteiger partial charge in [0.05, 0.1) is 27.3 Å². The number of hydrogen-bond acceptors (Lipinski definition) is 4. The maximum absolute atomic E-state index is 14.0. The van der Waals surface area contributed by atoms with Crippen molar-refractivity contribution in [1.82, 2.24) is 4.98 Å². The molecule has 0 aliphatic heterocycles. The quantitative estimate of drug-likeness (QED) is 0.246. The van der Waals surface area contributed by atoms with Crippen molar-refractivity contribution in [3.8, 4) is 11.5 Å². The first-order chi connectivity index (χ1) is 16.6. The lowest BCUT2D eigenvalue weighted by molar-refractivity contribution is 0.0983. The van der Waals surface area contributed by atoms with Crippen LogP contribution >= 0.6 is 22.9 Å². The summed E-state index contributed by atoms with van der Waals surface area (Å²) in [5.41, 5.74) is 3.29. The zero-order chi connectivity index (χ0) is 23.5. The molecule has 0 atom stereocenters. The predicted molar refractivity (Wildman–Crippen MR) is 139 cm³/mol. The normalized spacial score (nSPS) is 10.9. The van der Waals surface area contributed by atoms with Gasteiger partial charge in [-0.05, 0) is 48.4 Å². The van der Waals surface area contributed by atoms with Crippen LogP contribution in [-0.2, 0) is 6.54 Å². The number of carbonyl (C=O) groups is 1. The predicted octanol–water partition coefficient (Wildman–Crippen LogP) is 7.90. The molecule has 1 amide bonds. The molecule has 0 aliphatic rings. The first-order valence-electron chi connectivity index (χ1n) is 10.8. The number of aryl methyl sites for hydroxylation is 1. The lowest BCUT2D eigenvalue weighted by Crippen LogP contribution is -2.30. The zero-order valence-electron chi connectivity index (χ0n) is 18.4. The Morgan fingerprint density at radius 3 is 2.32 bits per heavy atom. The Balaban J connectivity index is 1.59. The fraction of sp³-hybridized carbons (Fsp3) is 0.0714. The molecule has 0 N–H and O–H groups in total. The number of para-hydroxylation sites is 2. The van der Waals surface area contributed by atoms with Crippen LogP contribution in [0.4, 0.5) is 5.13 Å². The Kier molecular flexibility index (Phi) is 6.30. The minimum Gasteiger partial charge on any atom is -0.457 e. The molecule has 1 heterocycles. The third-order valence-corrected chi connectivity index (χ3v) is 6.97. The molecule has 0 fully saturated rings. The van der Waals surface area contributed by atoms with Gasteiger partial charge in [-0.25, -0.2) is 4.98 Å². The number of halogens is 1. The van der Waals surface area contributed by atoms with Crippen molar-refractivity contribution >= 4 is 44.2 Å². The second-order valence-electron chi connectivity index (χ2n) is 7.83. The van der Waals surface area contributed by atoms with Gasteiger partial charge in [-0.3, -0.25) is 9.69 Å². The largest absolute Gasteiger partial charge is 0.457 e. The highest BCUT2D eigenvalue weighted by Crippen LogP contribution is 2.37. The summed E-state index contributed by atoms with van der Waals surface area (Å²) in [7, 11) is 0. The molecule has 5 aromatic rings. The van der Waals surface area contributed by atoms with E-state index in [0.717, 1.165) is 21.3 Å². The minimum absolute atomic E-state index is 0.191. The summed E-state index contributed by atoms with van der Waals surface area (Å²) in [6, 6.07) is 30.4. The van der Waals surface area contributed by atoms with Crippen molar-refractivity contribution in [3.05, 3.63) is 119 Å². The third-order valence-electron chi connectivity index (χ3n) is 5.43. The third kappa shape index (κ3) is 4.53. The smallest absolute Gasteiger partial charge is 0.264 e. The van der Waals surface area contributed by atoms with Crippen LogP contribution in [0.25, 0.3) is 10.2 Å². The number of rotatable bonds is 6. The van der Waals surface area contributed by atoms with Crippen LogP contribution in [0.15, 0.2) is 97.1 Å². The Morgan fingerprint density at radius 2 is 1.59 bits per heavy atom. The maximum atomic E-state index is 14.0. The van der Waals surface area contributed by atoms with Gasteiger partial charge in [-0.2, -0.15) is 0 Å². The molecule has 4 aromatic carbocycles. The van der Waals surface area contributed by atoms with E-state index in [0.29, 0.717) is 33.8 Å². The minimum atomic E-state index is -0.191. The SMILES string of the molecule is Cc1ccc(Cl)c2sc(N(Cc3ccccc3)C(=O)c3ccccc3Oc3ccccc3)nc12. The molecule has 168 valence electrons. The number of nitrogens with zero attached hydrogens (tertiary/aromatic N) is 2. The van der Waals surface area contributed by atoms with Gasteiger partial charge in [-0.1, -0.05) is 89.7 Å². The van der Waals surface area contributed by atoms with E-state index >= 15 is 0 Å². The van der Waals surface area contributed by atoms with E-state index in [9.17, 15) is 4.79 Å². The number of hydrogen-bond donors (Lipinski definition) is 0. The van der Waals surface area contributed by atoms with E-state index in [-0.39, 0.29) is 5.91 Å². The van der Waals surface area contributed by atoms with Gasteiger partial charge in [0.2, 0.25) is 0 Å². The zero-order valence-corrected chi connectivity index (χ0v) is 20.0. The molecule has 0 saturated carbocycles. The molecular weight excluding hydrogens is 464 g/mol. The lowest BCUT2D eigenvalue weighted by atomic mass is 10.1. The van der Waals surface area contributed by atoms with E-state index < -0.39 is 0 Å². The van der Waals surface area contributed by atoms with Crippen LogP contribution in [-0.4, -0.2) is 10.9 Å². The van der Waals surface area contributed by atoms with Gasteiger partial charge in [0.25, 0.3) is 5.91 Å². The number of fused-ring (bicyclic) bond motifs is 1. The van der Waals surface area contributed by atoms with E-state index in [4.69, 9.17) is 21.3 Å². The lowest BCUT2D eigenvalue weighted by Gasteiger charge is -2.21. The number of carbonyl (C=O) groups excluding carboxylic acids is 1. The first kappa shape index (κ1) is 22.1. The van der Waals surface area contributed by atoms with Crippen LogP contribution < -0.4 is 9.64 Å². The van der Waals surface area contributed by atoms with Crippen LogP contribution in [0.3, 0.4) is 0 Å². The van der Waals surface area contributed by atoms with Crippen LogP contribution in [0.1, 0.15) is 21.5 Å². The molecule has 6 heteroatoms. The summed E-state index contributed by atoms with van der Waals surface area (Å²) in [5, 5.41) is 1.22. The standard InChI is InChI=1S/C28H21ClN2O2S/c1-19-16-17-23(29)26-25(19)30-28(34-26)31(18-20-10-4-2-5-11-20)27(32)22-14-8-9-15-24(22)33-21-12-6-3-7-13-21/h2-17H,18H2,1H3. The molecular formula is C28H21ClN2O2S. The van der Waals surface area contributed by atoms with Gasteiger partial charge in [0.15, 0.2) is 5.13 Å². The van der Waals surface area contributed by atoms with Gasteiger partial charge in [-0.15, -0.1) is 0 Å². The highest BCUT2D eigenvalue weighted by Gasteiger charge is 2.25. The molecule has 0 saturated heterocycles. The van der Waals surface area contributed by atoms with Gasteiger partial charge < -0.3 is 4.74 Å². The van der Waals surface area contributed by atoms with Crippen molar-refractivity contribution in [3.63, 3.8) is 0 Å². The van der Waals surface area contributed by atoms with Crippen LogP contribution in [0.5, 0.6) is 11.5 Å². The first-order valence-corrected chi connectivity index (χ1v) is 12.0. The topological polar surface area (TPSA) is 42.4 Å². The van der Waals surface area contributed by atoms with Crippen molar-refractivity contribution < 1.29 is 9.53 Å². The summed E-state index contributed by atoms with van der Waals surface area (Å²) in [5.74, 6) is 0.968. The molecule has 34 heavy (non-hydrogen) atoms. The number of amides is 1. The van der Waals surface area contributed by atoms with E-state index in [1.807, 2.05) is 91.9 Å². The summed E-state index contributed by atoms with van der Waals surface area (Å²) in [6.07, 6.45) is 0. The van der Waals surface area contributed by atoms with Gasteiger partial charge in [0.1, 0.15) is 11.5 Å². The molecule has 0 bridgehead atoms. The number of anilines is 1. The van der Waals surface area contributed by atoms with Gasteiger partial charge >= 0.3 is 0 Å². The molecule has 0 radical (unpaired) electrons. The van der Waals surface area contributed by atoms with E-state index in [1.165, 1.54) is 11.3 Å². The average Bonchev–Trinajstić information content (AvgIpc) is 3.33. The second-order valence-corrected chi connectivity index (χ2v) is 9.21. The van der Waals surface area contributed by atoms with Gasteiger partial charge in [0, 0.05) is 0 Å². The molecule has 0 aliphatic carbocycles. The molecule has 0 spiro atoms. The summed E-state index contributed by atoms with van der Waals surface area (Å²) < 4.78 is 6.95. The number of aromatic nitrogens is 1. The Morgan fingerprint density at radius 1 is 0.912 bits per heavy atom. The van der Waals surface area contributed by atoms with E-state index in [1.54, 1.807) is 17.0 Å². The van der Waals surface area contributed by atoms with E-state index in [2.05, 4.69) is 0 Å². The molecule has 1 aromatic heterocycles. The fourth-order valence-electron chi connectivity index (χ4n) is 3.69. The number of benzene rings is 4. The monoisotopic (exact) mass is 484 g/mol. The highest BCUT2D eigenvalue weighted by atomic mass is 35.5. The second kappa shape index (κ2) is 9.67. The van der Waals surface area contributed by atoms with Crippen molar-refractivity contribution in [2.45, 2.75) is 13.5 Å². The molecule has 5 rings (SSSR count). The van der Waals surface area contributed by atoms with Crippen LogP contribution in [0.2, 0.25) is 5.02 Å². The van der Waals surface area contributed by atoms with Crippen molar-refractivity contribution in [2.24, 2.45) is 0 Å². The van der Waals surface area contributed by atoms with Crippen molar-refractivity contribution in [1.29, 1.82) is 0 Å². The maximum Gasteiger partial charge on any atom is 0.264 e. The Bertz CT molecular complexity index is 1410. The molecule has 4 nitrogen and oxygen atoms in total. The number of thiazole rings is 1. The summed E-state index contributed by atoms with van der Waals surface area (Å²) >= 11 is 7.89. The molecule has 0 unspecified atom stereocenters. The summed E-state index contributed by atoms with van der Waals surface area (Å²) in [6.45, 7) is 2.37. The van der Waals surface area contributed by atoms with Crippen LogP contribution in [0, 0.1) is 6.92 Å². The average molecular weight is 485 g/mol. The fourth-order valence-corrected chi connectivity index (χ4v) is 5.01.